The Morgan fingerprint density at radius 2 is 2.20 bits per heavy atom. The number of aromatic nitrogens is 1. The minimum atomic E-state index is -0.570. The van der Waals surface area contributed by atoms with Gasteiger partial charge in [-0.2, -0.15) is 0 Å². The molecule has 1 heterocycles. The topological polar surface area (TPSA) is 65.2 Å². The second-order valence-electron chi connectivity index (χ2n) is 3.47. The van der Waals surface area contributed by atoms with Gasteiger partial charge in [-0.3, -0.25) is 9.59 Å². The molecule has 1 aromatic heterocycles. The van der Waals surface area contributed by atoms with E-state index in [1.54, 1.807) is 18.3 Å². The summed E-state index contributed by atoms with van der Waals surface area (Å²) < 4.78 is 0. The minimum absolute atomic E-state index is 0.317. The Hall–Kier alpha value is -1.62. The normalized spacial score (nSPS) is 10.3. The van der Waals surface area contributed by atoms with Crippen molar-refractivity contribution in [2.75, 3.05) is 27.2 Å². The third-order valence-corrected chi connectivity index (χ3v) is 1.89. The van der Waals surface area contributed by atoms with Crippen molar-refractivity contribution in [1.82, 2.24) is 15.2 Å². The predicted molar refractivity (Wildman–Crippen MR) is 56.7 cm³/mol. The van der Waals surface area contributed by atoms with Gasteiger partial charge in [0.1, 0.15) is 0 Å². The summed E-state index contributed by atoms with van der Waals surface area (Å²) in [7, 11) is 3.80. The molecule has 0 radical (unpaired) electrons. The van der Waals surface area contributed by atoms with Crippen LogP contribution in [-0.4, -0.2) is 48.8 Å². The summed E-state index contributed by atoms with van der Waals surface area (Å²) in [6.07, 6.45) is 1.61. The van der Waals surface area contributed by atoms with E-state index in [9.17, 15) is 9.59 Å². The number of likely N-dealkylation sites (N-methyl/N-ethyl adjacent to an activating group) is 1. The Balaban J connectivity index is 2.38. The van der Waals surface area contributed by atoms with Crippen LogP contribution in [0.1, 0.15) is 10.5 Å². The molecule has 0 saturated carbocycles. The summed E-state index contributed by atoms with van der Waals surface area (Å²) in [5, 5.41) is 2.55. The Labute approximate surface area is 88.5 Å². The number of rotatable bonds is 5. The Morgan fingerprint density at radius 3 is 2.73 bits per heavy atom. The lowest BCUT2D eigenvalue weighted by Crippen LogP contribution is -2.36. The average molecular weight is 209 g/mol. The van der Waals surface area contributed by atoms with Crippen LogP contribution in [-0.2, 0) is 4.79 Å². The molecule has 0 aromatic carbocycles. The van der Waals surface area contributed by atoms with E-state index in [1.165, 1.54) is 0 Å². The van der Waals surface area contributed by atoms with Gasteiger partial charge in [0.15, 0.2) is 0 Å². The third kappa shape index (κ3) is 3.55. The number of nitrogens with zero attached hydrogens (tertiary/aromatic N) is 1. The van der Waals surface area contributed by atoms with Gasteiger partial charge in [0.25, 0.3) is 11.7 Å². The van der Waals surface area contributed by atoms with Crippen LogP contribution in [0.3, 0.4) is 0 Å². The lowest BCUT2D eigenvalue weighted by atomic mass is 10.3. The van der Waals surface area contributed by atoms with E-state index in [-0.39, 0.29) is 0 Å². The monoisotopic (exact) mass is 209 g/mol. The summed E-state index contributed by atoms with van der Waals surface area (Å²) in [6, 6.07) is 3.26. The van der Waals surface area contributed by atoms with Gasteiger partial charge in [-0.25, -0.2) is 0 Å². The zero-order valence-corrected chi connectivity index (χ0v) is 8.91. The maximum atomic E-state index is 11.4. The molecule has 15 heavy (non-hydrogen) atoms. The maximum Gasteiger partial charge on any atom is 0.294 e. The van der Waals surface area contributed by atoms with E-state index >= 15 is 0 Å². The Bertz CT molecular complexity index is 330. The van der Waals surface area contributed by atoms with Gasteiger partial charge in [-0.1, -0.05) is 0 Å². The van der Waals surface area contributed by atoms with Crippen LogP contribution < -0.4 is 5.32 Å². The number of nitrogens with one attached hydrogen (secondary N) is 2. The number of hydrogen-bond acceptors (Lipinski definition) is 3. The van der Waals surface area contributed by atoms with Gasteiger partial charge < -0.3 is 15.2 Å². The van der Waals surface area contributed by atoms with Crippen molar-refractivity contribution in [1.29, 1.82) is 0 Å². The summed E-state index contributed by atoms with van der Waals surface area (Å²) in [5.74, 6) is -1.10. The summed E-state index contributed by atoms with van der Waals surface area (Å²) in [5.41, 5.74) is 0.317. The molecule has 0 unspecified atom stereocenters. The fraction of sp³-hybridized carbons (Fsp3) is 0.400. The fourth-order valence-electron chi connectivity index (χ4n) is 1.07. The van der Waals surface area contributed by atoms with Crippen LogP contribution in [0.5, 0.6) is 0 Å². The van der Waals surface area contributed by atoms with E-state index in [4.69, 9.17) is 0 Å². The van der Waals surface area contributed by atoms with Crippen molar-refractivity contribution in [3.05, 3.63) is 24.0 Å². The number of H-pyrrole nitrogens is 1. The van der Waals surface area contributed by atoms with Crippen LogP contribution in [0.15, 0.2) is 18.3 Å². The van der Waals surface area contributed by atoms with Gasteiger partial charge in [0.05, 0.1) is 5.69 Å². The third-order valence-electron chi connectivity index (χ3n) is 1.89. The van der Waals surface area contributed by atoms with Gasteiger partial charge in [0, 0.05) is 19.3 Å². The number of Topliss-reactive ketones (excluding diaryl/α,β-unsaturated/α-hetero) is 1. The molecule has 2 N–H and O–H groups in total. The van der Waals surface area contributed by atoms with Crippen LogP contribution in [0.25, 0.3) is 0 Å². The molecule has 5 nitrogen and oxygen atoms in total. The highest BCUT2D eigenvalue weighted by Gasteiger charge is 2.15. The average Bonchev–Trinajstić information content (AvgIpc) is 2.68. The molecule has 0 atom stereocenters. The van der Waals surface area contributed by atoms with Crippen molar-refractivity contribution in [2.24, 2.45) is 0 Å². The Kier molecular flexibility index (Phi) is 4.05. The molecule has 0 bridgehead atoms. The van der Waals surface area contributed by atoms with Crippen molar-refractivity contribution in [3.8, 4) is 0 Å². The maximum absolute atomic E-state index is 11.4. The van der Waals surface area contributed by atoms with Crippen LogP contribution in [0.2, 0.25) is 0 Å². The summed E-state index contributed by atoms with van der Waals surface area (Å²) in [4.78, 5) is 27.4. The van der Waals surface area contributed by atoms with E-state index < -0.39 is 11.7 Å². The van der Waals surface area contributed by atoms with Gasteiger partial charge in [-0.05, 0) is 26.2 Å². The quantitative estimate of drug-likeness (QED) is 0.524. The zero-order valence-electron chi connectivity index (χ0n) is 8.91. The van der Waals surface area contributed by atoms with Crippen molar-refractivity contribution in [2.45, 2.75) is 0 Å². The zero-order chi connectivity index (χ0) is 11.3. The fourth-order valence-corrected chi connectivity index (χ4v) is 1.07. The standard InChI is InChI=1S/C10H15N3O2/c1-13(2)7-6-12-10(15)9(14)8-4-3-5-11-8/h3-5,11H,6-7H2,1-2H3,(H,12,15). The second-order valence-corrected chi connectivity index (χ2v) is 3.47. The van der Waals surface area contributed by atoms with Crippen LogP contribution in [0, 0.1) is 0 Å². The lowest BCUT2D eigenvalue weighted by Gasteiger charge is -2.09. The largest absolute Gasteiger partial charge is 0.358 e. The molecular formula is C10H15N3O2. The number of amides is 1. The molecule has 1 rings (SSSR count). The summed E-state index contributed by atoms with van der Waals surface area (Å²) >= 11 is 0. The number of aromatic amines is 1. The highest BCUT2D eigenvalue weighted by molar-refractivity contribution is 6.42. The molecule has 0 aliphatic heterocycles. The number of carbonyl (C=O) groups is 2. The SMILES string of the molecule is CN(C)CCNC(=O)C(=O)c1ccc[nH]1. The van der Waals surface area contributed by atoms with Gasteiger partial charge in [-0.15, -0.1) is 0 Å². The lowest BCUT2D eigenvalue weighted by molar-refractivity contribution is -0.117. The van der Waals surface area contributed by atoms with Crippen molar-refractivity contribution in [3.63, 3.8) is 0 Å². The van der Waals surface area contributed by atoms with Crippen molar-refractivity contribution < 1.29 is 9.59 Å². The number of carbonyl (C=O) groups excluding carboxylic acids is 2. The molecule has 0 fully saturated rings. The first-order valence-corrected chi connectivity index (χ1v) is 4.72. The highest BCUT2D eigenvalue weighted by Crippen LogP contribution is 1.95. The minimum Gasteiger partial charge on any atom is -0.358 e. The van der Waals surface area contributed by atoms with Gasteiger partial charge >= 0.3 is 0 Å². The van der Waals surface area contributed by atoms with E-state index in [1.807, 2.05) is 19.0 Å². The van der Waals surface area contributed by atoms with Gasteiger partial charge in [0.2, 0.25) is 0 Å². The van der Waals surface area contributed by atoms with E-state index in [0.29, 0.717) is 18.8 Å². The van der Waals surface area contributed by atoms with Crippen LogP contribution in [0.4, 0.5) is 0 Å². The number of ketones is 1. The molecule has 0 aliphatic rings. The molecule has 82 valence electrons. The smallest absolute Gasteiger partial charge is 0.294 e. The molecular weight excluding hydrogens is 194 g/mol. The van der Waals surface area contributed by atoms with Crippen LogP contribution >= 0.6 is 0 Å². The first-order valence-electron chi connectivity index (χ1n) is 4.72. The van der Waals surface area contributed by atoms with E-state index in [2.05, 4.69) is 10.3 Å². The van der Waals surface area contributed by atoms with E-state index in [0.717, 1.165) is 0 Å². The van der Waals surface area contributed by atoms with Crippen molar-refractivity contribution >= 4 is 11.7 Å². The highest BCUT2D eigenvalue weighted by atomic mass is 16.2. The Morgan fingerprint density at radius 1 is 1.47 bits per heavy atom. The molecule has 1 aromatic rings. The molecule has 0 saturated heterocycles. The molecule has 1 amide bonds. The summed E-state index contributed by atoms with van der Waals surface area (Å²) in [6.45, 7) is 1.18. The molecule has 5 heteroatoms. The number of hydrogen-bond donors (Lipinski definition) is 2. The molecule has 0 spiro atoms. The first kappa shape index (κ1) is 11.5. The molecule has 0 aliphatic carbocycles. The first-order chi connectivity index (χ1) is 7.11. The second kappa shape index (κ2) is 5.31. The predicted octanol–water partition coefficient (Wildman–Crippen LogP) is -0.125.